The second-order valence-corrected chi connectivity index (χ2v) is 33.9. The maximum atomic E-state index is 9.92. The molecule has 0 amide bonds. The molecule has 5 rings (SSSR count). The Hall–Kier alpha value is -1.41. The summed E-state index contributed by atoms with van der Waals surface area (Å²) in [5, 5.41) is 112. The lowest BCUT2D eigenvalue weighted by molar-refractivity contribution is -0.145. The van der Waals surface area contributed by atoms with Gasteiger partial charge in [-0.2, -0.15) is 0 Å². The fraction of sp³-hybridized carbons (Fsp3) is 0.988. The molecule has 23 atom stereocenters. The number of aldehydes is 1. The van der Waals surface area contributed by atoms with Crippen LogP contribution in [0, 0.1) is 74.4 Å². The van der Waals surface area contributed by atoms with E-state index in [1.165, 1.54) is 94.0 Å². The lowest BCUT2D eigenvalue weighted by atomic mass is 9.74. The molecule has 5 aliphatic carbocycles. The fourth-order valence-electron chi connectivity index (χ4n) is 16.3. The zero-order chi connectivity index (χ0) is 83.8. The SMILES string of the molecule is CC1(C)CC(C(O)CO)C(C(O)CO)C1.CC1(C)CCC(C2CC(C)(C)CC2C2CCC(C)(C)C2)C1.CCC(COC)OC.CNCC(COC)OC.COCC(C=O)OC.COCC(OC)C(O)C(O)C(COC)OC.COCC(OC)C1CC(C)(C)CC1C(COC)OC.OCC(O)C(O)C(O)C(O)CO. The van der Waals surface area contributed by atoms with Crippen LogP contribution in [0.5, 0.6) is 0 Å². The minimum Gasteiger partial charge on any atom is -0.394 e. The van der Waals surface area contributed by atoms with Gasteiger partial charge in [-0.15, -0.1) is 0 Å². The van der Waals surface area contributed by atoms with Gasteiger partial charge in [-0.1, -0.05) is 76.2 Å². The molecule has 0 aromatic heterocycles. The molecule has 108 heavy (non-hydrogen) atoms. The van der Waals surface area contributed by atoms with Crippen LogP contribution in [0.15, 0.2) is 0 Å². The van der Waals surface area contributed by atoms with Crippen LogP contribution in [0.3, 0.4) is 0 Å². The lowest BCUT2D eigenvalue weighted by Gasteiger charge is -2.31. The first kappa shape index (κ1) is 111. The smallest absolute Gasteiger partial charge is 0.151 e. The van der Waals surface area contributed by atoms with Crippen molar-refractivity contribution in [3.8, 4) is 0 Å². The average molecular weight is 1570 g/mol. The molecule has 0 aromatic carbocycles. The van der Waals surface area contributed by atoms with E-state index in [1.54, 1.807) is 56.9 Å². The number of nitrogens with one attached hydrogen (secondary N) is 1. The Labute approximate surface area is 652 Å². The molecular weight excluding hydrogens is 1410 g/mol. The first-order chi connectivity index (χ1) is 50.7. The number of carbonyl (C=O) groups excluding carboxylic acids is 1. The molecule has 28 nitrogen and oxygen atoms in total. The molecule has 0 bridgehead atoms. The Bertz CT molecular complexity index is 1980. The van der Waals surface area contributed by atoms with Crippen molar-refractivity contribution in [2.75, 3.05) is 186 Å². The first-order valence-corrected chi connectivity index (χ1v) is 38.8. The highest BCUT2D eigenvalue weighted by molar-refractivity contribution is 5.56. The third kappa shape index (κ3) is 43.5. The number of aliphatic hydroxyl groups is 12. The molecule has 0 aliphatic heterocycles. The normalized spacial score (nSPS) is 26.9. The van der Waals surface area contributed by atoms with Gasteiger partial charge in [0, 0.05) is 106 Å². The molecule has 0 spiro atoms. The molecule has 0 radical (unpaired) electrons. The standard InChI is InChI=1S/C21H38.C15H30O4.C11H22O4.C10H22O6.C6H15NO2.C6H14O6.C6H14O2.C5H10O3/c1-19(2)9-7-15(11-19)17-13-21(5,6)14-18(17)16-8-10-20(3,4)12-16;1-15(2)7-11(13(18-5)9-16-3)12(8-15)14(19-6)10-17-4;1-11(2)3-7(9(14)5-12)8(4-11)10(15)6-13;1-13-5-7(15-3)9(11)10(12)8(16-4)6-14-2;1-7-4-6(9-3)5-8-2;7-1-3(9)5(11)6(12)4(10)2-8;1-4-6(8-3)5-7-2;1-7-4-5(3-6)8-2/h15-18H,7-14H2,1-6H3;11-14H,7-10H2,1-6H3;7-10,12-15H,3-6H2,1-2H3;7-12H,5-6H2,1-4H3;6-7H,4-5H2,1-3H3;3-12H,1-2H2;6H,4-5H2,1-3H3;3,5H,4H2,1-2H3. The first-order valence-electron chi connectivity index (χ1n) is 38.8. The molecule has 5 fully saturated rings. The van der Waals surface area contributed by atoms with Crippen LogP contribution < -0.4 is 5.32 Å². The molecule has 0 aromatic rings. The summed E-state index contributed by atoms with van der Waals surface area (Å²) in [5.74, 6) is 4.84. The largest absolute Gasteiger partial charge is 0.394 e. The summed E-state index contributed by atoms with van der Waals surface area (Å²) in [6.45, 7) is 28.1. The number of hydrogen-bond acceptors (Lipinski definition) is 28. The monoisotopic (exact) mass is 1570 g/mol. The Kier molecular flexibility index (Phi) is 61.7. The molecule has 652 valence electrons. The number of hydrogen-bond donors (Lipinski definition) is 13. The second kappa shape index (κ2) is 60.1. The quantitative estimate of drug-likeness (QED) is 0.0358. The summed E-state index contributed by atoms with van der Waals surface area (Å²) in [5.41, 5.74) is 2.23. The number of carbonyl (C=O) groups is 1. The summed E-state index contributed by atoms with van der Waals surface area (Å²) >= 11 is 0. The van der Waals surface area contributed by atoms with Gasteiger partial charge >= 0.3 is 0 Å². The fourth-order valence-corrected chi connectivity index (χ4v) is 16.3. The number of methoxy groups -OCH3 is 14. The predicted octanol–water partition coefficient (Wildman–Crippen LogP) is 5.02. The van der Waals surface area contributed by atoms with E-state index in [0.29, 0.717) is 72.8 Å². The van der Waals surface area contributed by atoms with Crippen molar-refractivity contribution in [3.63, 3.8) is 0 Å². The van der Waals surface area contributed by atoms with Gasteiger partial charge < -0.3 is 138 Å². The number of rotatable bonds is 41. The van der Waals surface area contributed by atoms with Crippen molar-refractivity contribution < 1.29 is 132 Å². The van der Waals surface area contributed by atoms with Crippen LogP contribution in [0.1, 0.15) is 160 Å². The lowest BCUT2D eigenvalue weighted by Crippen LogP contribution is -2.48. The van der Waals surface area contributed by atoms with Gasteiger partial charge in [-0.25, -0.2) is 0 Å². The highest BCUT2D eigenvalue weighted by Gasteiger charge is 2.51. The molecule has 28 heteroatoms. The van der Waals surface area contributed by atoms with E-state index in [1.807, 2.05) is 7.05 Å². The third-order valence-electron chi connectivity index (χ3n) is 22.1. The number of likely N-dealkylation sites (N-methyl/N-ethyl adjacent to an activating group) is 1. The van der Waals surface area contributed by atoms with E-state index in [0.717, 1.165) is 62.3 Å². The van der Waals surface area contributed by atoms with Crippen LogP contribution in [-0.2, 0) is 71.1 Å². The van der Waals surface area contributed by atoms with Crippen LogP contribution in [-0.4, -0.2) is 345 Å². The molecule has 13 N–H and O–H groups in total. The molecular formula is C80H165NO27. The van der Waals surface area contributed by atoms with E-state index in [-0.39, 0.29) is 68.1 Å². The van der Waals surface area contributed by atoms with E-state index in [9.17, 15) is 25.2 Å². The van der Waals surface area contributed by atoms with Gasteiger partial charge in [0.15, 0.2) is 6.29 Å². The second-order valence-electron chi connectivity index (χ2n) is 33.9. The van der Waals surface area contributed by atoms with Crippen molar-refractivity contribution in [2.45, 2.75) is 251 Å². The average Bonchev–Trinajstić information content (AvgIpc) is 1.62. The molecule has 5 aliphatic rings. The van der Waals surface area contributed by atoms with E-state index in [2.05, 4.69) is 91.0 Å². The third-order valence-corrected chi connectivity index (χ3v) is 22.1. The maximum Gasteiger partial charge on any atom is 0.151 e. The zero-order valence-electron chi connectivity index (χ0n) is 72.0. The van der Waals surface area contributed by atoms with Gasteiger partial charge in [-0.3, -0.25) is 0 Å². The van der Waals surface area contributed by atoms with Crippen LogP contribution in [0.25, 0.3) is 0 Å². The van der Waals surface area contributed by atoms with Crippen molar-refractivity contribution in [1.82, 2.24) is 5.32 Å². The van der Waals surface area contributed by atoms with Gasteiger partial charge in [0.2, 0.25) is 0 Å². The Morgan fingerprint density at radius 2 is 0.694 bits per heavy atom. The Morgan fingerprint density at radius 3 is 0.917 bits per heavy atom. The summed E-state index contributed by atoms with van der Waals surface area (Å²) in [7, 11) is 24.5. The molecule has 0 saturated heterocycles. The summed E-state index contributed by atoms with van der Waals surface area (Å²) in [4.78, 5) is 9.92. The minimum absolute atomic E-state index is 0.0572. The summed E-state index contributed by atoms with van der Waals surface area (Å²) in [6.07, 6.45) is 6.50. The maximum absolute atomic E-state index is 9.92. The van der Waals surface area contributed by atoms with Gasteiger partial charge in [0.25, 0.3) is 0 Å². The topological polar surface area (TPSA) is 401 Å². The number of ether oxygens (including phenoxy) is 14. The van der Waals surface area contributed by atoms with Crippen molar-refractivity contribution in [3.05, 3.63) is 0 Å². The molecule has 5 saturated carbocycles. The van der Waals surface area contributed by atoms with E-state index < -0.39 is 80.4 Å². The Morgan fingerprint density at radius 1 is 0.370 bits per heavy atom. The zero-order valence-corrected chi connectivity index (χ0v) is 72.0. The van der Waals surface area contributed by atoms with Crippen LogP contribution >= 0.6 is 0 Å². The molecule has 23 unspecified atom stereocenters. The van der Waals surface area contributed by atoms with E-state index >= 15 is 0 Å². The summed E-state index contributed by atoms with van der Waals surface area (Å²) in [6, 6.07) is 0. The number of aliphatic hydroxyl groups excluding tert-OH is 12. The Balaban J connectivity index is -0.00000119. The highest BCUT2D eigenvalue weighted by Crippen LogP contribution is 2.60. The minimum atomic E-state index is -1.67. The predicted molar refractivity (Wildman–Crippen MR) is 418 cm³/mol. The molecule has 0 heterocycles. The summed E-state index contributed by atoms with van der Waals surface area (Å²) < 4.78 is 70.8. The van der Waals surface area contributed by atoms with Gasteiger partial charge in [0.1, 0.15) is 54.9 Å². The van der Waals surface area contributed by atoms with Crippen LogP contribution in [0.4, 0.5) is 0 Å². The van der Waals surface area contributed by atoms with Crippen molar-refractivity contribution in [1.29, 1.82) is 0 Å². The highest BCUT2D eigenvalue weighted by atomic mass is 16.6. The van der Waals surface area contributed by atoms with Crippen molar-refractivity contribution >= 4 is 6.29 Å². The van der Waals surface area contributed by atoms with Gasteiger partial charge in [-0.05, 0) is 165 Å². The van der Waals surface area contributed by atoms with Crippen LogP contribution in [0.2, 0.25) is 0 Å². The van der Waals surface area contributed by atoms with E-state index in [4.69, 9.17) is 97.7 Å². The van der Waals surface area contributed by atoms with Crippen molar-refractivity contribution in [2.24, 2.45) is 74.4 Å². The van der Waals surface area contributed by atoms with Gasteiger partial charge in [0.05, 0.1) is 109 Å².